The summed E-state index contributed by atoms with van der Waals surface area (Å²) in [5, 5.41) is 9.63. The Bertz CT molecular complexity index is 801. The van der Waals surface area contributed by atoms with Crippen LogP contribution in [-0.2, 0) is 19.4 Å². The highest BCUT2D eigenvalue weighted by Gasteiger charge is 2.25. The van der Waals surface area contributed by atoms with E-state index in [1.807, 2.05) is 6.20 Å². The summed E-state index contributed by atoms with van der Waals surface area (Å²) in [5.74, 6) is 2.56. The van der Waals surface area contributed by atoms with E-state index < -0.39 is 0 Å². The molecular formula is C20H25N5. The lowest BCUT2D eigenvalue weighted by Gasteiger charge is -2.35. The smallest absolute Gasteiger partial charge is 0.146 e. The van der Waals surface area contributed by atoms with E-state index in [0.29, 0.717) is 5.92 Å². The van der Waals surface area contributed by atoms with Gasteiger partial charge in [-0.15, -0.1) is 0 Å². The molecule has 1 aliphatic heterocycles. The molecule has 1 atom stereocenters. The molecular weight excluding hydrogens is 310 g/mol. The number of anilines is 1. The zero-order chi connectivity index (χ0) is 17.2. The number of nitrogens with zero attached hydrogens (tertiary/aromatic N) is 5. The number of aromatic nitrogens is 3. The summed E-state index contributed by atoms with van der Waals surface area (Å²) in [6.07, 6.45) is 10.9. The van der Waals surface area contributed by atoms with Crippen LogP contribution in [0.15, 0.2) is 18.5 Å². The Kier molecular flexibility index (Phi) is 4.44. The van der Waals surface area contributed by atoms with Gasteiger partial charge in [0.05, 0.1) is 5.56 Å². The average molecular weight is 335 g/mol. The van der Waals surface area contributed by atoms with E-state index in [9.17, 15) is 5.26 Å². The monoisotopic (exact) mass is 335 g/mol. The van der Waals surface area contributed by atoms with Crippen LogP contribution in [0.4, 0.5) is 5.82 Å². The summed E-state index contributed by atoms with van der Waals surface area (Å²) < 4.78 is 2.24. The van der Waals surface area contributed by atoms with E-state index in [0.717, 1.165) is 56.1 Å². The molecule has 0 spiro atoms. The first kappa shape index (κ1) is 16.1. The van der Waals surface area contributed by atoms with Crippen molar-refractivity contribution < 1.29 is 0 Å². The molecule has 0 amide bonds. The molecule has 0 bridgehead atoms. The molecule has 3 heterocycles. The third-order valence-electron chi connectivity index (χ3n) is 5.60. The Balaban J connectivity index is 1.56. The molecule has 0 saturated carbocycles. The number of pyridine rings is 1. The first-order valence-electron chi connectivity index (χ1n) is 9.40. The van der Waals surface area contributed by atoms with Gasteiger partial charge in [-0.1, -0.05) is 0 Å². The minimum absolute atomic E-state index is 0.575. The summed E-state index contributed by atoms with van der Waals surface area (Å²) in [6, 6.07) is 4.49. The number of hydrogen-bond acceptors (Lipinski definition) is 4. The second-order valence-electron chi connectivity index (χ2n) is 7.37. The fourth-order valence-electron chi connectivity index (χ4n) is 4.23. The fourth-order valence-corrected chi connectivity index (χ4v) is 4.23. The molecule has 2 aromatic heterocycles. The third-order valence-corrected chi connectivity index (χ3v) is 5.60. The number of rotatable bonds is 3. The SMILES string of the molecule is Cc1nccn1C[C@H]1CCCN(c2nc3c(cc2C#N)CCCC3)C1. The van der Waals surface area contributed by atoms with Gasteiger partial charge in [0.1, 0.15) is 17.7 Å². The first-order chi connectivity index (χ1) is 12.2. The third kappa shape index (κ3) is 3.26. The van der Waals surface area contributed by atoms with E-state index in [1.165, 1.54) is 30.5 Å². The largest absolute Gasteiger partial charge is 0.355 e. The molecule has 5 heteroatoms. The molecule has 1 saturated heterocycles. The van der Waals surface area contributed by atoms with Crippen molar-refractivity contribution in [3.63, 3.8) is 0 Å². The lowest BCUT2D eigenvalue weighted by molar-refractivity contribution is 0.362. The lowest BCUT2D eigenvalue weighted by atomic mass is 9.94. The van der Waals surface area contributed by atoms with Crippen LogP contribution < -0.4 is 4.90 Å². The molecule has 130 valence electrons. The Morgan fingerprint density at radius 2 is 2.16 bits per heavy atom. The predicted octanol–water partition coefficient (Wildman–Crippen LogP) is 3.25. The number of aryl methyl sites for hydroxylation is 3. The second kappa shape index (κ2) is 6.87. The Morgan fingerprint density at radius 3 is 2.96 bits per heavy atom. The molecule has 1 fully saturated rings. The van der Waals surface area contributed by atoms with Crippen molar-refractivity contribution in [2.75, 3.05) is 18.0 Å². The molecule has 5 nitrogen and oxygen atoms in total. The maximum absolute atomic E-state index is 9.63. The van der Waals surface area contributed by atoms with Gasteiger partial charge in [-0.2, -0.15) is 5.26 Å². The van der Waals surface area contributed by atoms with E-state index in [1.54, 1.807) is 0 Å². The first-order valence-corrected chi connectivity index (χ1v) is 9.40. The Hall–Kier alpha value is -2.35. The topological polar surface area (TPSA) is 57.7 Å². The van der Waals surface area contributed by atoms with Gasteiger partial charge >= 0.3 is 0 Å². The Labute approximate surface area is 149 Å². The second-order valence-corrected chi connectivity index (χ2v) is 7.37. The minimum atomic E-state index is 0.575. The Morgan fingerprint density at radius 1 is 1.28 bits per heavy atom. The summed E-state index contributed by atoms with van der Waals surface area (Å²) in [4.78, 5) is 11.6. The molecule has 2 aromatic rings. The van der Waals surface area contributed by atoms with Gasteiger partial charge in [-0.05, 0) is 63.0 Å². The molecule has 2 aliphatic rings. The number of imidazole rings is 1. The van der Waals surface area contributed by atoms with E-state index in [4.69, 9.17) is 4.98 Å². The summed E-state index contributed by atoms with van der Waals surface area (Å²) >= 11 is 0. The van der Waals surface area contributed by atoms with Gasteiger partial charge in [-0.3, -0.25) is 0 Å². The van der Waals surface area contributed by atoms with Gasteiger partial charge in [-0.25, -0.2) is 9.97 Å². The molecule has 25 heavy (non-hydrogen) atoms. The summed E-state index contributed by atoms with van der Waals surface area (Å²) in [5.41, 5.74) is 3.25. The molecule has 0 aromatic carbocycles. The highest BCUT2D eigenvalue weighted by molar-refractivity contribution is 5.56. The van der Waals surface area contributed by atoms with Crippen molar-refractivity contribution in [1.29, 1.82) is 5.26 Å². The maximum atomic E-state index is 9.63. The quantitative estimate of drug-likeness (QED) is 0.864. The zero-order valence-electron chi connectivity index (χ0n) is 14.9. The van der Waals surface area contributed by atoms with Crippen molar-refractivity contribution in [2.24, 2.45) is 5.92 Å². The van der Waals surface area contributed by atoms with Gasteiger partial charge < -0.3 is 9.47 Å². The van der Waals surface area contributed by atoms with Crippen LogP contribution in [0.25, 0.3) is 0 Å². The van der Waals surface area contributed by atoms with Crippen LogP contribution in [0, 0.1) is 24.2 Å². The number of nitriles is 1. The van der Waals surface area contributed by atoms with Crippen molar-refractivity contribution >= 4 is 5.82 Å². The van der Waals surface area contributed by atoms with Crippen LogP contribution in [-0.4, -0.2) is 27.6 Å². The van der Waals surface area contributed by atoms with Crippen LogP contribution in [0.5, 0.6) is 0 Å². The van der Waals surface area contributed by atoms with Crippen molar-refractivity contribution in [2.45, 2.75) is 52.0 Å². The zero-order valence-corrected chi connectivity index (χ0v) is 14.9. The predicted molar refractivity (Wildman–Crippen MR) is 97.5 cm³/mol. The molecule has 0 N–H and O–H groups in total. The van der Waals surface area contributed by atoms with Crippen molar-refractivity contribution in [3.05, 3.63) is 41.1 Å². The van der Waals surface area contributed by atoms with Crippen molar-refractivity contribution in [1.82, 2.24) is 14.5 Å². The van der Waals surface area contributed by atoms with Crippen LogP contribution in [0.3, 0.4) is 0 Å². The molecule has 0 radical (unpaired) electrons. The van der Waals surface area contributed by atoms with Gasteiger partial charge in [0.25, 0.3) is 0 Å². The summed E-state index contributed by atoms with van der Waals surface area (Å²) in [7, 11) is 0. The maximum Gasteiger partial charge on any atom is 0.146 e. The van der Waals surface area contributed by atoms with Crippen LogP contribution >= 0.6 is 0 Å². The molecule has 0 unspecified atom stereocenters. The lowest BCUT2D eigenvalue weighted by Crippen LogP contribution is -2.38. The number of hydrogen-bond donors (Lipinski definition) is 0. The minimum Gasteiger partial charge on any atom is -0.355 e. The highest BCUT2D eigenvalue weighted by Crippen LogP contribution is 2.29. The van der Waals surface area contributed by atoms with Crippen LogP contribution in [0.2, 0.25) is 0 Å². The normalized spacial score (nSPS) is 20.2. The summed E-state index contributed by atoms with van der Waals surface area (Å²) in [6.45, 7) is 5.02. The number of piperidine rings is 1. The van der Waals surface area contributed by atoms with E-state index >= 15 is 0 Å². The van der Waals surface area contributed by atoms with E-state index in [2.05, 4.69) is 39.7 Å². The molecule has 4 rings (SSSR count). The number of fused-ring (bicyclic) bond motifs is 1. The highest BCUT2D eigenvalue weighted by atomic mass is 15.2. The van der Waals surface area contributed by atoms with E-state index in [-0.39, 0.29) is 0 Å². The van der Waals surface area contributed by atoms with Gasteiger partial charge in [0.15, 0.2) is 0 Å². The average Bonchev–Trinajstić information content (AvgIpc) is 3.05. The van der Waals surface area contributed by atoms with Crippen LogP contribution in [0.1, 0.15) is 48.3 Å². The van der Waals surface area contributed by atoms with Gasteiger partial charge in [0, 0.05) is 37.7 Å². The molecule has 1 aliphatic carbocycles. The van der Waals surface area contributed by atoms with Gasteiger partial charge in [0.2, 0.25) is 0 Å². The van der Waals surface area contributed by atoms with Crippen molar-refractivity contribution in [3.8, 4) is 6.07 Å². The standard InChI is InChI=1S/C20H25N5/c1-15-22-8-10-24(15)13-16-5-4-9-25(14-16)20-18(12-21)11-17-6-2-3-7-19(17)23-20/h8,10-11,16H,2-7,9,13-14H2,1H3/t16-/m1/s1. The fraction of sp³-hybridized carbons (Fsp3) is 0.550.